The fraction of sp³-hybridized carbons (Fsp3) is 0.0833. The number of fused-ring (bicyclic) bond motifs is 1. The third-order valence-corrected chi connectivity index (χ3v) is 3.99. The number of rotatable bonds is 3. The molecule has 0 unspecified atom stereocenters. The Morgan fingerprint density at radius 1 is 1.47 bits per heavy atom. The number of aromatic nitrogens is 2. The second kappa shape index (κ2) is 4.92. The zero-order valence-corrected chi connectivity index (χ0v) is 11.9. The molecule has 0 fully saturated rings. The van der Waals surface area contributed by atoms with Gasteiger partial charge >= 0.3 is 0 Å². The van der Waals surface area contributed by atoms with Gasteiger partial charge in [-0.05, 0) is 28.1 Å². The molecule has 0 aliphatic heterocycles. The molecule has 0 bridgehead atoms. The van der Waals surface area contributed by atoms with Crippen LogP contribution in [0, 0.1) is 5.82 Å². The highest BCUT2D eigenvalue weighted by atomic mass is 79.9. The molecular weight excluding hydrogens is 335 g/mol. The molecule has 1 aromatic carbocycles. The summed E-state index contributed by atoms with van der Waals surface area (Å²) in [6.45, 7) is -0.208. The number of thiazole rings is 1. The van der Waals surface area contributed by atoms with E-state index in [9.17, 15) is 9.50 Å². The predicted molar refractivity (Wildman–Crippen MR) is 73.2 cm³/mol. The molecule has 0 radical (unpaired) electrons. The first-order chi connectivity index (χ1) is 9.19. The van der Waals surface area contributed by atoms with Gasteiger partial charge in [0.2, 0.25) is 5.88 Å². The highest BCUT2D eigenvalue weighted by Crippen LogP contribution is 2.32. The molecule has 0 saturated carbocycles. The van der Waals surface area contributed by atoms with E-state index in [1.165, 1.54) is 23.5 Å². The first-order valence-electron chi connectivity index (χ1n) is 5.37. The standard InChI is InChI=1S/C12H8BrFN2O2S/c13-8-2-1-7(14)5-10(8)18-11-9(6-17)16-3-4-19-12(16)15-11/h1-5,17H,6H2. The summed E-state index contributed by atoms with van der Waals surface area (Å²) in [5.41, 5.74) is 0.535. The van der Waals surface area contributed by atoms with Crippen molar-refractivity contribution in [3.05, 3.63) is 45.8 Å². The number of nitrogens with zero attached hydrogens (tertiary/aromatic N) is 2. The summed E-state index contributed by atoms with van der Waals surface area (Å²) in [6.07, 6.45) is 1.80. The Labute approximate surface area is 120 Å². The molecule has 0 spiro atoms. The van der Waals surface area contributed by atoms with Crippen molar-refractivity contribution in [3.8, 4) is 11.6 Å². The minimum absolute atomic E-state index is 0.208. The summed E-state index contributed by atoms with van der Waals surface area (Å²) in [6, 6.07) is 4.15. The number of hydrogen-bond donors (Lipinski definition) is 1. The summed E-state index contributed by atoms with van der Waals surface area (Å²) < 4.78 is 21.1. The van der Waals surface area contributed by atoms with E-state index in [0.717, 1.165) is 0 Å². The van der Waals surface area contributed by atoms with Crippen LogP contribution in [0.15, 0.2) is 34.2 Å². The number of hydrogen-bond acceptors (Lipinski definition) is 4. The maximum absolute atomic E-state index is 13.2. The number of aliphatic hydroxyl groups excluding tert-OH is 1. The SMILES string of the molecule is OCc1c(Oc2cc(F)ccc2Br)nc2sccn12. The van der Waals surface area contributed by atoms with E-state index in [1.807, 2.05) is 5.38 Å². The number of ether oxygens (including phenoxy) is 1. The number of halogens is 2. The van der Waals surface area contributed by atoms with Crippen LogP contribution in [0.5, 0.6) is 11.6 Å². The Bertz CT molecular complexity index is 740. The van der Waals surface area contributed by atoms with Crippen LogP contribution in [-0.2, 0) is 6.61 Å². The van der Waals surface area contributed by atoms with Gasteiger partial charge in [-0.15, -0.1) is 11.3 Å². The molecule has 3 aromatic rings. The second-order valence-corrected chi connectivity index (χ2v) is 5.48. The lowest BCUT2D eigenvalue weighted by Crippen LogP contribution is -1.94. The summed E-state index contributed by atoms with van der Waals surface area (Å²) in [4.78, 5) is 4.98. The molecule has 0 saturated heterocycles. The molecule has 0 aliphatic carbocycles. The summed E-state index contributed by atoms with van der Waals surface area (Å²) in [5.74, 6) is 0.200. The normalized spacial score (nSPS) is 11.1. The van der Waals surface area contributed by atoms with Crippen LogP contribution in [0.2, 0.25) is 0 Å². The lowest BCUT2D eigenvalue weighted by Gasteiger charge is -2.06. The lowest BCUT2D eigenvalue weighted by atomic mass is 10.3. The van der Waals surface area contributed by atoms with E-state index in [0.29, 0.717) is 20.9 Å². The first-order valence-corrected chi connectivity index (χ1v) is 7.04. The van der Waals surface area contributed by atoms with Crippen LogP contribution < -0.4 is 4.74 Å². The maximum Gasteiger partial charge on any atom is 0.244 e. The number of aliphatic hydroxyl groups is 1. The van der Waals surface area contributed by atoms with E-state index in [1.54, 1.807) is 16.7 Å². The third kappa shape index (κ3) is 2.24. The Kier molecular flexibility index (Phi) is 3.26. The van der Waals surface area contributed by atoms with Crippen molar-refractivity contribution in [1.29, 1.82) is 0 Å². The number of benzene rings is 1. The van der Waals surface area contributed by atoms with E-state index < -0.39 is 5.82 Å². The molecule has 2 aromatic heterocycles. The third-order valence-electron chi connectivity index (χ3n) is 2.57. The topological polar surface area (TPSA) is 46.8 Å². The van der Waals surface area contributed by atoms with Gasteiger partial charge in [0.25, 0.3) is 0 Å². The van der Waals surface area contributed by atoms with E-state index in [4.69, 9.17) is 4.74 Å². The molecule has 1 N–H and O–H groups in total. The smallest absolute Gasteiger partial charge is 0.244 e. The molecule has 0 aliphatic rings. The monoisotopic (exact) mass is 342 g/mol. The van der Waals surface area contributed by atoms with Gasteiger partial charge in [-0.1, -0.05) is 0 Å². The van der Waals surface area contributed by atoms with Crippen molar-refractivity contribution < 1.29 is 14.2 Å². The van der Waals surface area contributed by atoms with Crippen LogP contribution in [0.4, 0.5) is 4.39 Å². The Hall–Kier alpha value is -1.44. The van der Waals surface area contributed by atoms with Crippen molar-refractivity contribution in [2.24, 2.45) is 0 Å². The van der Waals surface area contributed by atoms with Gasteiger partial charge in [0.1, 0.15) is 17.3 Å². The Morgan fingerprint density at radius 3 is 3.11 bits per heavy atom. The van der Waals surface area contributed by atoms with Crippen molar-refractivity contribution in [2.45, 2.75) is 6.61 Å². The zero-order chi connectivity index (χ0) is 13.4. The summed E-state index contributed by atoms with van der Waals surface area (Å²) >= 11 is 4.71. The molecule has 0 atom stereocenters. The van der Waals surface area contributed by atoms with Crippen molar-refractivity contribution in [3.63, 3.8) is 0 Å². The van der Waals surface area contributed by atoms with Crippen LogP contribution in [0.1, 0.15) is 5.69 Å². The molecule has 98 valence electrons. The molecule has 7 heteroatoms. The van der Waals surface area contributed by atoms with Crippen LogP contribution in [-0.4, -0.2) is 14.5 Å². The Morgan fingerprint density at radius 2 is 2.32 bits per heavy atom. The second-order valence-electron chi connectivity index (χ2n) is 3.75. The Balaban J connectivity index is 2.05. The molecule has 3 rings (SSSR count). The van der Waals surface area contributed by atoms with Gasteiger partial charge in [-0.25, -0.2) is 4.39 Å². The summed E-state index contributed by atoms with van der Waals surface area (Å²) in [7, 11) is 0. The predicted octanol–water partition coefficient (Wildman–Crippen LogP) is 3.58. The van der Waals surface area contributed by atoms with Gasteiger partial charge in [-0.2, -0.15) is 4.98 Å². The molecule has 0 amide bonds. The lowest BCUT2D eigenvalue weighted by molar-refractivity contribution is 0.269. The highest BCUT2D eigenvalue weighted by Gasteiger charge is 2.15. The summed E-state index contributed by atoms with van der Waals surface area (Å²) in [5, 5.41) is 11.3. The van der Waals surface area contributed by atoms with E-state index in [2.05, 4.69) is 20.9 Å². The fourth-order valence-electron chi connectivity index (χ4n) is 1.70. The average molecular weight is 343 g/mol. The van der Waals surface area contributed by atoms with Crippen molar-refractivity contribution in [1.82, 2.24) is 9.38 Å². The van der Waals surface area contributed by atoms with Crippen LogP contribution >= 0.6 is 27.3 Å². The van der Waals surface area contributed by atoms with Gasteiger partial charge in [-0.3, -0.25) is 4.40 Å². The largest absolute Gasteiger partial charge is 0.436 e. The minimum atomic E-state index is -0.398. The van der Waals surface area contributed by atoms with Crippen LogP contribution in [0.25, 0.3) is 4.96 Å². The molecule has 2 heterocycles. The van der Waals surface area contributed by atoms with E-state index in [-0.39, 0.29) is 12.5 Å². The fourth-order valence-corrected chi connectivity index (χ4v) is 2.75. The number of imidazole rings is 1. The van der Waals surface area contributed by atoms with Crippen LogP contribution in [0.3, 0.4) is 0 Å². The molecule has 4 nitrogen and oxygen atoms in total. The first kappa shape index (κ1) is 12.6. The van der Waals surface area contributed by atoms with E-state index >= 15 is 0 Å². The minimum Gasteiger partial charge on any atom is -0.436 e. The van der Waals surface area contributed by atoms with Gasteiger partial charge < -0.3 is 9.84 Å². The average Bonchev–Trinajstić information content (AvgIpc) is 2.94. The zero-order valence-electron chi connectivity index (χ0n) is 9.51. The van der Waals surface area contributed by atoms with Crippen molar-refractivity contribution >= 4 is 32.2 Å². The van der Waals surface area contributed by atoms with Gasteiger partial charge in [0, 0.05) is 17.6 Å². The maximum atomic E-state index is 13.2. The van der Waals surface area contributed by atoms with Gasteiger partial charge in [0.05, 0.1) is 11.1 Å². The van der Waals surface area contributed by atoms with Gasteiger partial charge in [0.15, 0.2) is 4.96 Å². The van der Waals surface area contributed by atoms with Crippen molar-refractivity contribution in [2.75, 3.05) is 0 Å². The quantitative estimate of drug-likeness (QED) is 0.791. The molecule has 19 heavy (non-hydrogen) atoms. The highest BCUT2D eigenvalue weighted by molar-refractivity contribution is 9.10. The molecular formula is C12H8BrFN2O2S.